The standard InChI is InChI=1S/C34H43NO5.CH4/c1-21-8-11-23-16-27-31-12-13-34(39-2,26(18-31)33(38,17-25(37)20-36)24-6-4-3-5-7-24)30-32(31,28(23)29(21)40-30)14-15-35(27)19-22-9-10-22;/h3-8,11,22,25-27,30,36-38H,9-10,12-20H2,1-2H3;1H4/t25?,26-,27-,30-,31-,32+,33+,34-;/m1./s1. The van der Waals surface area contributed by atoms with E-state index in [2.05, 4.69) is 24.0 Å². The van der Waals surface area contributed by atoms with E-state index in [1.807, 2.05) is 30.3 Å². The third-order valence-electron chi connectivity index (χ3n) is 12.5. The predicted octanol–water partition coefficient (Wildman–Crippen LogP) is 4.49. The first-order valence-electron chi connectivity index (χ1n) is 15.5. The molecule has 2 spiro atoms. The maximum absolute atomic E-state index is 12.9. The van der Waals surface area contributed by atoms with E-state index in [0.717, 1.165) is 55.9 Å². The lowest BCUT2D eigenvalue weighted by Gasteiger charge is -2.75. The van der Waals surface area contributed by atoms with Gasteiger partial charge in [0.2, 0.25) is 0 Å². The van der Waals surface area contributed by atoms with Gasteiger partial charge in [-0.05, 0) is 81.0 Å². The fourth-order valence-corrected chi connectivity index (χ4v) is 10.7. The molecule has 0 aromatic heterocycles. The fourth-order valence-electron chi connectivity index (χ4n) is 10.7. The molecule has 0 amide bonds. The number of rotatable bonds is 8. The van der Waals surface area contributed by atoms with Crippen LogP contribution in [-0.2, 0) is 22.2 Å². The first kappa shape index (κ1) is 27.8. The van der Waals surface area contributed by atoms with Crippen molar-refractivity contribution in [3.8, 4) is 5.75 Å². The summed E-state index contributed by atoms with van der Waals surface area (Å²) in [6.07, 6.45) is 6.32. The van der Waals surface area contributed by atoms with Crippen molar-refractivity contribution in [2.24, 2.45) is 17.3 Å². The molecule has 1 unspecified atom stereocenters. The molecule has 7 aliphatic rings. The van der Waals surface area contributed by atoms with E-state index in [1.54, 1.807) is 7.11 Å². The second-order valence-electron chi connectivity index (χ2n) is 14.0. The maximum atomic E-state index is 12.9. The minimum Gasteiger partial charge on any atom is -0.486 e. The van der Waals surface area contributed by atoms with Crippen molar-refractivity contribution in [1.29, 1.82) is 0 Å². The van der Waals surface area contributed by atoms with E-state index >= 15 is 0 Å². The highest BCUT2D eigenvalue weighted by atomic mass is 16.6. The number of nitrogens with zero attached hydrogens (tertiary/aromatic N) is 1. The van der Waals surface area contributed by atoms with E-state index < -0.39 is 17.3 Å². The van der Waals surface area contributed by atoms with E-state index in [9.17, 15) is 15.3 Å². The molecule has 2 aliphatic heterocycles. The summed E-state index contributed by atoms with van der Waals surface area (Å²) in [6, 6.07) is 14.8. The van der Waals surface area contributed by atoms with Crippen LogP contribution in [0.15, 0.2) is 42.5 Å². The van der Waals surface area contributed by atoms with Gasteiger partial charge in [0.15, 0.2) is 0 Å². The molecule has 9 rings (SSSR count). The zero-order chi connectivity index (χ0) is 27.5. The summed E-state index contributed by atoms with van der Waals surface area (Å²) in [6.45, 7) is 4.05. The van der Waals surface area contributed by atoms with Crippen molar-refractivity contribution in [3.05, 3.63) is 64.7 Å². The van der Waals surface area contributed by atoms with Crippen LogP contribution >= 0.6 is 0 Å². The fraction of sp³-hybridized carbons (Fsp3) is 0.657. The third kappa shape index (κ3) is 3.37. The number of aliphatic hydroxyl groups excluding tert-OH is 2. The lowest BCUT2D eigenvalue weighted by atomic mass is 9.33. The topological polar surface area (TPSA) is 82.4 Å². The van der Waals surface area contributed by atoms with Crippen LogP contribution in [0, 0.1) is 24.2 Å². The number of aryl methyl sites for hydroxylation is 1. The zero-order valence-corrected chi connectivity index (χ0v) is 23.8. The average Bonchev–Trinajstić information content (AvgIpc) is 3.72. The highest BCUT2D eigenvalue weighted by molar-refractivity contribution is 5.61. The van der Waals surface area contributed by atoms with Gasteiger partial charge in [-0.1, -0.05) is 49.9 Å². The van der Waals surface area contributed by atoms with Crippen LogP contribution in [0.3, 0.4) is 0 Å². The molecule has 6 heteroatoms. The van der Waals surface area contributed by atoms with Crippen LogP contribution in [-0.4, -0.2) is 70.9 Å². The molecule has 2 heterocycles. The Kier molecular flexibility index (Phi) is 6.30. The van der Waals surface area contributed by atoms with Crippen LogP contribution in [0.5, 0.6) is 5.75 Å². The Morgan fingerprint density at radius 2 is 1.90 bits per heavy atom. The predicted molar refractivity (Wildman–Crippen MR) is 158 cm³/mol. The molecule has 4 bridgehead atoms. The van der Waals surface area contributed by atoms with Gasteiger partial charge >= 0.3 is 0 Å². The molecule has 3 N–H and O–H groups in total. The van der Waals surface area contributed by atoms with E-state index in [0.29, 0.717) is 6.04 Å². The van der Waals surface area contributed by atoms with Crippen LogP contribution in [0.25, 0.3) is 0 Å². The summed E-state index contributed by atoms with van der Waals surface area (Å²) in [4.78, 5) is 2.81. The third-order valence-corrected chi connectivity index (χ3v) is 12.5. The number of methoxy groups -OCH3 is 1. The Hall–Kier alpha value is -1.96. The van der Waals surface area contributed by atoms with Crippen molar-refractivity contribution in [2.75, 3.05) is 26.8 Å². The zero-order valence-electron chi connectivity index (χ0n) is 23.8. The first-order chi connectivity index (χ1) is 19.3. The van der Waals surface area contributed by atoms with E-state index in [1.165, 1.54) is 36.1 Å². The van der Waals surface area contributed by atoms with Crippen LogP contribution in [0.2, 0.25) is 0 Å². The molecule has 5 aliphatic carbocycles. The van der Waals surface area contributed by atoms with Gasteiger partial charge in [-0.2, -0.15) is 0 Å². The Labute approximate surface area is 244 Å². The number of aliphatic hydroxyl groups is 3. The van der Waals surface area contributed by atoms with Gasteiger partial charge in [-0.15, -0.1) is 0 Å². The summed E-state index contributed by atoms with van der Waals surface area (Å²) in [5, 5.41) is 33.7. The number of hydrogen-bond donors (Lipinski definition) is 3. The van der Waals surface area contributed by atoms with Gasteiger partial charge < -0.3 is 24.8 Å². The highest BCUT2D eigenvalue weighted by Gasteiger charge is 2.82. The van der Waals surface area contributed by atoms with Gasteiger partial charge in [0.05, 0.1) is 18.3 Å². The average molecular weight is 562 g/mol. The number of benzene rings is 2. The molecule has 2 aromatic carbocycles. The molecular formula is C35H47NO5. The summed E-state index contributed by atoms with van der Waals surface area (Å²) in [5.41, 5.74) is 2.58. The SMILES string of the molecule is C.CO[C@]12CC[C@@]3(C[C@@H]1[C@](O)(CC(O)CO)c1ccccc1)[C@H]1Cc4ccc(C)c5c4[C@@]3(CCN1CC1CC1)[C@H]2O5. The van der Waals surface area contributed by atoms with Gasteiger partial charge in [-0.3, -0.25) is 4.90 Å². The second-order valence-corrected chi connectivity index (χ2v) is 14.0. The van der Waals surface area contributed by atoms with E-state index in [4.69, 9.17) is 9.47 Å². The first-order valence-corrected chi connectivity index (χ1v) is 15.5. The molecule has 2 aromatic rings. The minimum atomic E-state index is -1.38. The smallest absolute Gasteiger partial charge is 0.138 e. The lowest BCUT2D eigenvalue weighted by molar-refractivity contribution is -0.309. The van der Waals surface area contributed by atoms with Gasteiger partial charge in [0.25, 0.3) is 0 Å². The van der Waals surface area contributed by atoms with Crippen molar-refractivity contribution in [1.82, 2.24) is 4.90 Å². The van der Waals surface area contributed by atoms with E-state index in [-0.39, 0.29) is 43.3 Å². The summed E-state index contributed by atoms with van der Waals surface area (Å²) in [7, 11) is 1.80. The molecule has 8 atom stereocenters. The molecule has 6 nitrogen and oxygen atoms in total. The lowest BCUT2D eigenvalue weighted by Crippen LogP contribution is -2.82. The number of likely N-dealkylation sites (tertiary alicyclic amines) is 1. The number of piperidine rings is 1. The quantitative estimate of drug-likeness (QED) is 0.441. The molecular weight excluding hydrogens is 514 g/mol. The summed E-state index contributed by atoms with van der Waals surface area (Å²) >= 11 is 0. The monoisotopic (exact) mass is 561 g/mol. The molecule has 4 saturated carbocycles. The van der Waals surface area contributed by atoms with Gasteiger partial charge in [-0.25, -0.2) is 0 Å². The Morgan fingerprint density at radius 1 is 1.12 bits per heavy atom. The van der Waals surface area contributed by atoms with Crippen molar-refractivity contribution >= 4 is 0 Å². The Morgan fingerprint density at radius 3 is 2.61 bits per heavy atom. The minimum absolute atomic E-state index is 0. The molecule has 222 valence electrons. The second kappa shape index (κ2) is 9.27. The molecule has 0 radical (unpaired) electrons. The largest absolute Gasteiger partial charge is 0.486 e. The normalized spacial score (nSPS) is 38.4. The van der Waals surface area contributed by atoms with Crippen LogP contribution in [0.4, 0.5) is 0 Å². The number of fused-ring (bicyclic) bond motifs is 2. The van der Waals surface area contributed by atoms with Crippen LogP contribution < -0.4 is 4.74 Å². The van der Waals surface area contributed by atoms with Crippen molar-refractivity contribution in [2.45, 2.75) is 101 Å². The van der Waals surface area contributed by atoms with Crippen LogP contribution in [0.1, 0.15) is 74.6 Å². The molecule has 41 heavy (non-hydrogen) atoms. The van der Waals surface area contributed by atoms with Crippen molar-refractivity contribution < 1.29 is 24.8 Å². The Balaban J connectivity index is 0.00000276. The number of hydrogen-bond acceptors (Lipinski definition) is 6. The summed E-state index contributed by atoms with van der Waals surface area (Å²) < 4.78 is 13.9. The molecule has 5 fully saturated rings. The number of ether oxygens (including phenoxy) is 2. The highest BCUT2D eigenvalue weighted by Crippen LogP contribution is 2.77. The van der Waals surface area contributed by atoms with Gasteiger partial charge in [0, 0.05) is 48.4 Å². The maximum Gasteiger partial charge on any atom is 0.138 e. The van der Waals surface area contributed by atoms with Gasteiger partial charge in [0.1, 0.15) is 17.5 Å². The summed E-state index contributed by atoms with van der Waals surface area (Å²) in [5.74, 6) is 1.58. The van der Waals surface area contributed by atoms with Crippen molar-refractivity contribution in [3.63, 3.8) is 0 Å². The Bertz CT molecular complexity index is 1330. The molecule has 1 saturated heterocycles.